The molecule has 1 unspecified atom stereocenters. The Balaban J connectivity index is 0.00000261. The zero-order chi connectivity index (χ0) is 18.9. The first kappa shape index (κ1) is 21.3. The number of ether oxygens (including phenoxy) is 1. The van der Waals surface area contributed by atoms with Gasteiger partial charge in [0.1, 0.15) is 11.6 Å². The third-order valence-electron chi connectivity index (χ3n) is 4.30. The number of piperazine rings is 1. The van der Waals surface area contributed by atoms with Crippen LogP contribution in [0.5, 0.6) is 0 Å². The molecule has 1 saturated heterocycles. The van der Waals surface area contributed by atoms with E-state index in [1.54, 1.807) is 24.0 Å². The van der Waals surface area contributed by atoms with Gasteiger partial charge in [-0.25, -0.2) is 22.6 Å². The lowest BCUT2D eigenvalue weighted by Gasteiger charge is -2.34. The van der Waals surface area contributed by atoms with Crippen molar-refractivity contribution in [1.29, 1.82) is 0 Å². The van der Waals surface area contributed by atoms with Gasteiger partial charge in [0, 0.05) is 39.1 Å². The average molecular weight is 419 g/mol. The van der Waals surface area contributed by atoms with Crippen molar-refractivity contribution in [3.8, 4) is 0 Å². The smallest absolute Gasteiger partial charge is 0.340 e. The summed E-state index contributed by atoms with van der Waals surface area (Å²) in [5.74, 6) is -1.21. The second-order valence-electron chi connectivity index (χ2n) is 5.87. The summed E-state index contributed by atoms with van der Waals surface area (Å²) in [6.07, 6.45) is 3.33. The summed E-state index contributed by atoms with van der Waals surface area (Å²) in [6.45, 7) is 1.09. The molecule has 11 heteroatoms. The maximum Gasteiger partial charge on any atom is 0.340 e. The van der Waals surface area contributed by atoms with Crippen LogP contribution in [0, 0.1) is 5.82 Å². The van der Waals surface area contributed by atoms with Gasteiger partial charge < -0.3 is 14.6 Å². The van der Waals surface area contributed by atoms with Gasteiger partial charge in [-0.15, -0.1) is 12.4 Å². The van der Waals surface area contributed by atoms with E-state index >= 15 is 0 Å². The molecule has 0 spiro atoms. The minimum absolute atomic E-state index is 0. The molecule has 27 heavy (non-hydrogen) atoms. The van der Waals surface area contributed by atoms with Gasteiger partial charge in [0.25, 0.3) is 0 Å². The highest BCUT2D eigenvalue weighted by atomic mass is 35.5. The Kier molecular flexibility index (Phi) is 6.58. The predicted molar refractivity (Wildman–Crippen MR) is 97.7 cm³/mol. The Bertz CT molecular complexity index is 934. The van der Waals surface area contributed by atoms with Crippen molar-refractivity contribution in [3.05, 3.63) is 47.8 Å². The predicted octanol–water partition coefficient (Wildman–Crippen LogP) is 1.10. The molecule has 0 radical (unpaired) electrons. The van der Waals surface area contributed by atoms with E-state index in [1.807, 2.05) is 0 Å². The number of rotatable bonds is 4. The molecule has 8 nitrogen and oxygen atoms in total. The molecular weight excluding hydrogens is 399 g/mol. The monoisotopic (exact) mass is 418 g/mol. The summed E-state index contributed by atoms with van der Waals surface area (Å²) in [5, 5.41) is 3.15. The molecule has 3 rings (SSSR count). The molecule has 0 aliphatic carbocycles. The van der Waals surface area contributed by atoms with E-state index in [0.717, 1.165) is 19.2 Å². The molecule has 1 N–H and O–H groups in total. The largest absolute Gasteiger partial charge is 0.465 e. The topological polar surface area (TPSA) is 93.5 Å². The van der Waals surface area contributed by atoms with Crippen molar-refractivity contribution >= 4 is 28.4 Å². The molecule has 2 aromatic rings. The van der Waals surface area contributed by atoms with Gasteiger partial charge in [0.05, 0.1) is 23.6 Å². The lowest BCUT2D eigenvalue weighted by atomic mass is 10.2. The molecule has 0 bridgehead atoms. The normalized spacial score (nSPS) is 18.0. The van der Waals surface area contributed by atoms with Crippen molar-refractivity contribution in [3.63, 3.8) is 0 Å². The van der Waals surface area contributed by atoms with Gasteiger partial charge in [-0.2, -0.15) is 4.31 Å². The minimum atomic E-state index is -3.98. The number of aryl methyl sites for hydroxylation is 1. The lowest BCUT2D eigenvalue weighted by molar-refractivity contribution is 0.0595. The van der Waals surface area contributed by atoms with Crippen molar-refractivity contribution in [1.82, 2.24) is 19.2 Å². The molecule has 0 saturated carbocycles. The molecule has 148 valence electrons. The van der Waals surface area contributed by atoms with E-state index in [1.165, 1.54) is 10.4 Å². The maximum absolute atomic E-state index is 14.2. The zero-order valence-electron chi connectivity index (χ0n) is 14.8. The quantitative estimate of drug-likeness (QED) is 0.747. The number of nitrogens with one attached hydrogen (secondary N) is 1. The Morgan fingerprint density at radius 1 is 1.41 bits per heavy atom. The van der Waals surface area contributed by atoms with Gasteiger partial charge >= 0.3 is 5.97 Å². The number of esters is 1. The number of halogens is 2. The van der Waals surface area contributed by atoms with Crippen LogP contribution < -0.4 is 5.32 Å². The third kappa shape index (κ3) is 3.98. The van der Waals surface area contributed by atoms with Crippen LogP contribution in [0.2, 0.25) is 0 Å². The Morgan fingerprint density at radius 2 is 2.15 bits per heavy atom. The number of carbonyl (C=O) groups is 1. The van der Waals surface area contributed by atoms with Crippen LogP contribution in [-0.2, 0) is 21.8 Å². The van der Waals surface area contributed by atoms with E-state index in [0.29, 0.717) is 18.9 Å². The highest BCUT2D eigenvalue weighted by Crippen LogP contribution is 2.28. The number of hydrogen-bond donors (Lipinski definition) is 1. The van der Waals surface area contributed by atoms with Crippen LogP contribution in [0.1, 0.15) is 22.2 Å². The fourth-order valence-electron chi connectivity index (χ4n) is 2.96. The fraction of sp³-hybridized carbons (Fsp3) is 0.375. The first-order valence-electron chi connectivity index (χ1n) is 7.94. The molecular formula is C16H20ClFN4O4S. The van der Waals surface area contributed by atoms with Gasteiger partial charge in [-0.3, -0.25) is 0 Å². The van der Waals surface area contributed by atoms with E-state index in [-0.39, 0.29) is 29.4 Å². The van der Waals surface area contributed by atoms with Gasteiger partial charge in [-0.05, 0) is 18.2 Å². The van der Waals surface area contributed by atoms with E-state index in [4.69, 9.17) is 0 Å². The number of benzene rings is 1. The summed E-state index contributed by atoms with van der Waals surface area (Å²) >= 11 is 0. The number of sulfonamides is 1. The van der Waals surface area contributed by atoms with Crippen molar-refractivity contribution in [2.45, 2.75) is 10.9 Å². The van der Waals surface area contributed by atoms with Crippen LogP contribution in [0.4, 0.5) is 4.39 Å². The molecule has 1 fully saturated rings. The summed E-state index contributed by atoms with van der Waals surface area (Å²) in [4.78, 5) is 15.5. The summed E-state index contributed by atoms with van der Waals surface area (Å²) in [7, 11) is -1.06. The van der Waals surface area contributed by atoms with E-state index in [2.05, 4.69) is 15.0 Å². The van der Waals surface area contributed by atoms with Crippen LogP contribution >= 0.6 is 12.4 Å². The molecule has 1 aliphatic heterocycles. The van der Waals surface area contributed by atoms with Crippen molar-refractivity contribution < 1.29 is 22.3 Å². The highest BCUT2D eigenvalue weighted by Gasteiger charge is 2.36. The number of carbonyl (C=O) groups excluding carboxylic acids is 1. The SMILES string of the molecule is COC(=O)c1ccc(S(=O)(=O)N2CCNCC2c2nccn2C)cc1F.Cl. The Labute approximate surface area is 162 Å². The van der Waals surface area contributed by atoms with Crippen LogP contribution in [0.25, 0.3) is 0 Å². The standard InChI is InChI=1S/C16H19FN4O4S.ClH/c1-20-7-6-19-15(20)14-10-18-5-8-21(14)26(23,24)11-3-4-12(13(17)9-11)16(22)25-2;/h3-4,6-7,9,14,18H,5,8,10H2,1-2H3;1H. The first-order chi connectivity index (χ1) is 12.4. The van der Waals surface area contributed by atoms with Crippen molar-refractivity contribution in [2.75, 3.05) is 26.7 Å². The highest BCUT2D eigenvalue weighted by molar-refractivity contribution is 7.89. The molecule has 1 atom stereocenters. The molecule has 0 amide bonds. The Morgan fingerprint density at radius 3 is 2.74 bits per heavy atom. The first-order valence-corrected chi connectivity index (χ1v) is 9.38. The molecule has 1 aromatic carbocycles. The van der Waals surface area contributed by atoms with Gasteiger partial charge in [0.15, 0.2) is 0 Å². The Hall–Kier alpha value is -2.01. The fourth-order valence-corrected chi connectivity index (χ4v) is 4.56. The van der Waals surface area contributed by atoms with Crippen molar-refractivity contribution in [2.24, 2.45) is 7.05 Å². The molecule has 1 aliphatic rings. The lowest BCUT2D eigenvalue weighted by Crippen LogP contribution is -2.49. The number of nitrogens with zero attached hydrogens (tertiary/aromatic N) is 3. The van der Waals surface area contributed by atoms with E-state index < -0.39 is 27.9 Å². The molecule has 2 heterocycles. The summed E-state index contributed by atoms with van der Waals surface area (Å²) in [6, 6.07) is 2.66. The number of methoxy groups -OCH3 is 1. The third-order valence-corrected chi connectivity index (χ3v) is 6.21. The van der Waals surface area contributed by atoms with Gasteiger partial charge in [0.2, 0.25) is 10.0 Å². The maximum atomic E-state index is 14.2. The van der Waals surface area contributed by atoms with Crippen LogP contribution in [-0.4, -0.2) is 55.0 Å². The zero-order valence-corrected chi connectivity index (χ0v) is 16.4. The van der Waals surface area contributed by atoms with Crippen LogP contribution in [0.3, 0.4) is 0 Å². The summed E-state index contributed by atoms with van der Waals surface area (Å²) in [5.41, 5.74) is -0.313. The number of hydrogen-bond acceptors (Lipinski definition) is 6. The van der Waals surface area contributed by atoms with E-state index in [9.17, 15) is 17.6 Å². The second-order valence-corrected chi connectivity index (χ2v) is 7.76. The molecule has 1 aromatic heterocycles. The van der Waals surface area contributed by atoms with Gasteiger partial charge in [-0.1, -0.05) is 0 Å². The summed E-state index contributed by atoms with van der Waals surface area (Å²) < 4.78 is 47.9. The number of imidazole rings is 1. The average Bonchev–Trinajstić information content (AvgIpc) is 3.06. The minimum Gasteiger partial charge on any atom is -0.465 e. The second kappa shape index (κ2) is 8.34. The number of aromatic nitrogens is 2. The van der Waals surface area contributed by atoms with Crippen LogP contribution in [0.15, 0.2) is 35.5 Å².